The van der Waals surface area contributed by atoms with E-state index >= 15 is 0 Å². The van der Waals surface area contributed by atoms with Gasteiger partial charge < -0.3 is 13.6 Å². The highest BCUT2D eigenvalue weighted by atomic mass is 16.5. The quantitative estimate of drug-likeness (QED) is 0.404. The summed E-state index contributed by atoms with van der Waals surface area (Å²) in [5.74, 6) is 0.131. The van der Waals surface area contributed by atoms with E-state index < -0.39 is 11.6 Å². The first-order valence-corrected chi connectivity index (χ1v) is 7.72. The number of rotatable bonds is 2. The predicted octanol–water partition coefficient (Wildman–Crippen LogP) is 4.30. The first-order chi connectivity index (χ1) is 12.1. The molecule has 2 aromatic carbocycles. The van der Waals surface area contributed by atoms with Gasteiger partial charge in [-0.05, 0) is 37.3 Å². The lowest BCUT2D eigenvalue weighted by molar-refractivity contribution is 0.0600. The Morgan fingerprint density at radius 2 is 1.72 bits per heavy atom. The molecule has 0 N–H and O–H groups in total. The van der Waals surface area contributed by atoms with E-state index in [4.69, 9.17) is 8.83 Å². The van der Waals surface area contributed by atoms with Gasteiger partial charge in [-0.3, -0.25) is 0 Å². The van der Waals surface area contributed by atoms with Gasteiger partial charge in [0.05, 0.1) is 18.1 Å². The monoisotopic (exact) mass is 334 g/mol. The highest BCUT2D eigenvalue weighted by molar-refractivity contribution is 6.02. The molecule has 5 nitrogen and oxygen atoms in total. The van der Waals surface area contributed by atoms with Gasteiger partial charge in [0.15, 0.2) is 5.58 Å². The third-order valence-electron chi connectivity index (χ3n) is 4.12. The molecule has 0 radical (unpaired) electrons. The molecule has 0 fully saturated rings. The fourth-order valence-electron chi connectivity index (χ4n) is 2.84. The van der Waals surface area contributed by atoms with E-state index in [2.05, 4.69) is 4.74 Å². The molecule has 0 saturated heterocycles. The van der Waals surface area contributed by atoms with Crippen molar-refractivity contribution in [3.63, 3.8) is 0 Å². The Bertz CT molecular complexity index is 1160. The Hall–Kier alpha value is -3.34. The van der Waals surface area contributed by atoms with Crippen molar-refractivity contribution in [1.82, 2.24) is 0 Å². The van der Waals surface area contributed by atoms with Crippen molar-refractivity contribution in [2.45, 2.75) is 6.92 Å². The normalized spacial score (nSPS) is 11.1. The predicted molar refractivity (Wildman–Crippen MR) is 93.8 cm³/mol. The van der Waals surface area contributed by atoms with Gasteiger partial charge in [0.25, 0.3) is 0 Å². The summed E-state index contributed by atoms with van der Waals surface area (Å²) in [5.41, 5.74) is 2.80. The van der Waals surface area contributed by atoms with E-state index in [1.807, 2.05) is 19.1 Å². The van der Waals surface area contributed by atoms with Crippen molar-refractivity contribution in [3.05, 3.63) is 70.1 Å². The lowest BCUT2D eigenvalue weighted by atomic mass is 10.1. The standard InChI is InChI=1S/C20H14O5/c1-11-3-8-16-14(9-11)18-15(20(22)25-16)10-17(24-18)12-4-6-13(7-5-12)19(21)23-2/h3-10H,1-2H3. The second-order valence-corrected chi connectivity index (χ2v) is 5.81. The molecule has 2 aromatic heterocycles. The number of hydrogen-bond acceptors (Lipinski definition) is 5. The minimum atomic E-state index is -0.437. The van der Waals surface area contributed by atoms with Gasteiger partial charge in [-0.1, -0.05) is 23.8 Å². The Morgan fingerprint density at radius 3 is 2.44 bits per heavy atom. The molecule has 0 unspecified atom stereocenters. The first-order valence-electron chi connectivity index (χ1n) is 7.72. The van der Waals surface area contributed by atoms with Gasteiger partial charge in [-0.15, -0.1) is 0 Å². The largest absolute Gasteiger partial charge is 0.465 e. The molecule has 2 heterocycles. The number of aryl methyl sites for hydroxylation is 1. The van der Waals surface area contributed by atoms with Gasteiger partial charge in [0.2, 0.25) is 0 Å². The summed E-state index contributed by atoms with van der Waals surface area (Å²) in [4.78, 5) is 23.7. The molecule has 4 aromatic rings. The molecule has 5 heteroatoms. The van der Waals surface area contributed by atoms with Gasteiger partial charge in [0.1, 0.15) is 16.7 Å². The minimum Gasteiger partial charge on any atom is -0.465 e. The summed E-state index contributed by atoms with van der Waals surface area (Å²) in [6.45, 7) is 1.96. The van der Waals surface area contributed by atoms with E-state index in [-0.39, 0.29) is 0 Å². The van der Waals surface area contributed by atoms with Crippen LogP contribution >= 0.6 is 0 Å². The summed E-state index contributed by atoms with van der Waals surface area (Å²) in [5, 5.41) is 1.15. The average Bonchev–Trinajstić information content (AvgIpc) is 3.08. The zero-order valence-electron chi connectivity index (χ0n) is 13.7. The Kier molecular flexibility index (Phi) is 3.42. The third kappa shape index (κ3) is 2.50. The number of methoxy groups -OCH3 is 1. The number of furan rings is 1. The summed E-state index contributed by atoms with van der Waals surface area (Å²) in [6.07, 6.45) is 0. The molecule has 0 saturated carbocycles. The third-order valence-corrected chi connectivity index (χ3v) is 4.12. The number of esters is 1. The van der Waals surface area contributed by atoms with Gasteiger partial charge in [-0.2, -0.15) is 0 Å². The summed E-state index contributed by atoms with van der Waals surface area (Å²) in [6, 6.07) is 14.0. The van der Waals surface area contributed by atoms with Crippen LogP contribution in [0.2, 0.25) is 0 Å². The van der Waals surface area contributed by atoms with Gasteiger partial charge >= 0.3 is 11.6 Å². The van der Waals surface area contributed by atoms with Crippen molar-refractivity contribution in [1.29, 1.82) is 0 Å². The van der Waals surface area contributed by atoms with E-state index in [0.29, 0.717) is 27.9 Å². The zero-order chi connectivity index (χ0) is 17.6. The molecule has 0 aliphatic heterocycles. The number of benzene rings is 2. The summed E-state index contributed by atoms with van der Waals surface area (Å²) >= 11 is 0. The topological polar surface area (TPSA) is 69.7 Å². The Balaban J connectivity index is 1.90. The fraction of sp³-hybridized carbons (Fsp3) is 0.100. The van der Waals surface area contributed by atoms with Crippen LogP contribution in [0.15, 0.2) is 62.2 Å². The highest BCUT2D eigenvalue weighted by Crippen LogP contribution is 2.31. The van der Waals surface area contributed by atoms with Crippen molar-refractivity contribution in [2.24, 2.45) is 0 Å². The Labute approximate surface area is 142 Å². The maximum absolute atomic E-state index is 12.2. The first kappa shape index (κ1) is 15.2. The number of fused-ring (bicyclic) bond motifs is 3. The molecule has 0 spiro atoms. The number of hydrogen-bond donors (Lipinski definition) is 0. The molecule has 25 heavy (non-hydrogen) atoms. The van der Waals surface area contributed by atoms with Crippen molar-refractivity contribution in [2.75, 3.05) is 7.11 Å². The van der Waals surface area contributed by atoms with Crippen molar-refractivity contribution >= 4 is 27.9 Å². The van der Waals surface area contributed by atoms with Crippen LogP contribution in [0.5, 0.6) is 0 Å². The molecule has 0 bridgehead atoms. The van der Waals surface area contributed by atoms with Gasteiger partial charge in [0, 0.05) is 5.56 Å². The molecule has 0 aliphatic carbocycles. The molecule has 0 aliphatic rings. The summed E-state index contributed by atoms with van der Waals surface area (Å²) in [7, 11) is 1.34. The molecule has 124 valence electrons. The molecular weight excluding hydrogens is 320 g/mol. The summed E-state index contributed by atoms with van der Waals surface area (Å²) < 4.78 is 16.0. The van der Waals surface area contributed by atoms with Crippen LogP contribution in [0.3, 0.4) is 0 Å². The van der Waals surface area contributed by atoms with Crippen LogP contribution in [0.4, 0.5) is 0 Å². The van der Waals surface area contributed by atoms with Crippen molar-refractivity contribution < 1.29 is 18.4 Å². The Morgan fingerprint density at radius 1 is 0.960 bits per heavy atom. The fourth-order valence-corrected chi connectivity index (χ4v) is 2.84. The van der Waals surface area contributed by atoms with Crippen LogP contribution in [0.25, 0.3) is 33.3 Å². The lowest BCUT2D eigenvalue weighted by Crippen LogP contribution is -2.00. The molecule has 0 atom stereocenters. The van der Waals surface area contributed by atoms with E-state index in [1.165, 1.54) is 7.11 Å². The van der Waals surface area contributed by atoms with E-state index in [0.717, 1.165) is 16.5 Å². The number of ether oxygens (including phenoxy) is 1. The smallest absolute Gasteiger partial charge is 0.347 e. The number of carbonyl (C=O) groups excluding carboxylic acids is 1. The van der Waals surface area contributed by atoms with Crippen LogP contribution in [0, 0.1) is 6.92 Å². The van der Waals surface area contributed by atoms with E-state index in [9.17, 15) is 9.59 Å². The highest BCUT2D eigenvalue weighted by Gasteiger charge is 2.15. The number of carbonyl (C=O) groups is 1. The second-order valence-electron chi connectivity index (χ2n) is 5.81. The molecular formula is C20H14O5. The lowest BCUT2D eigenvalue weighted by Gasteiger charge is -2.01. The zero-order valence-corrected chi connectivity index (χ0v) is 13.7. The maximum atomic E-state index is 12.2. The van der Waals surface area contributed by atoms with Crippen LogP contribution in [-0.2, 0) is 4.74 Å². The van der Waals surface area contributed by atoms with E-state index in [1.54, 1.807) is 36.4 Å². The average molecular weight is 334 g/mol. The van der Waals surface area contributed by atoms with Crippen LogP contribution in [-0.4, -0.2) is 13.1 Å². The van der Waals surface area contributed by atoms with Crippen LogP contribution in [0.1, 0.15) is 15.9 Å². The molecule has 4 rings (SSSR count). The minimum absolute atomic E-state index is 0.394. The SMILES string of the molecule is COC(=O)c1ccc(-c2cc3c(=O)oc4ccc(C)cc4c3o2)cc1. The maximum Gasteiger partial charge on any atom is 0.347 e. The van der Waals surface area contributed by atoms with Crippen molar-refractivity contribution in [3.8, 4) is 11.3 Å². The van der Waals surface area contributed by atoms with Crippen LogP contribution < -0.4 is 5.63 Å². The molecule has 0 amide bonds. The second kappa shape index (κ2) is 5.63. The van der Waals surface area contributed by atoms with Gasteiger partial charge in [-0.25, -0.2) is 9.59 Å².